The minimum absolute atomic E-state index is 0.211. The zero-order valence-electron chi connectivity index (χ0n) is 13.5. The highest BCUT2D eigenvalue weighted by Crippen LogP contribution is 2.35. The molecule has 0 unspecified atom stereocenters. The molecule has 0 aliphatic carbocycles. The molecule has 1 heterocycles. The van der Waals surface area contributed by atoms with Gasteiger partial charge in [-0.1, -0.05) is 41.9 Å². The summed E-state index contributed by atoms with van der Waals surface area (Å²) in [5.41, 5.74) is 11.9. The average Bonchev–Trinajstić information content (AvgIpc) is 2.57. The number of nitriles is 1. The number of anilines is 1. The molecular weight excluding hydrogens is 318 g/mol. The maximum absolute atomic E-state index is 9.48. The summed E-state index contributed by atoms with van der Waals surface area (Å²) in [7, 11) is 0. The van der Waals surface area contributed by atoms with E-state index in [4.69, 9.17) is 17.3 Å². The maximum atomic E-state index is 9.48. The number of nitrogens with zero attached hydrogens (tertiary/aromatic N) is 2. The van der Waals surface area contributed by atoms with Crippen LogP contribution in [0.15, 0.2) is 48.5 Å². The van der Waals surface area contributed by atoms with Crippen molar-refractivity contribution in [2.24, 2.45) is 0 Å². The van der Waals surface area contributed by atoms with Crippen molar-refractivity contribution < 1.29 is 0 Å². The van der Waals surface area contributed by atoms with Crippen LogP contribution in [0, 0.1) is 25.2 Å². The molecule has 3 aromatic rings. The van der Waals surface area contributed by atoms with Crippen LogP contribution < -0.4 is 5.73 Å². The Bertz CT molecular complexity index is 971. The lowest BCUT2D eigenvalue weighted by atomic mass is 9.97. The van der Waals surface area contributed by atoms with Crippen LogP contribution in [0.2, 0.25) is 5.02 Å². The van der Waals surface area contributed by atoms with E-state index in [9.17, 15) is 5.26 Å². The first-order valence-corrected chi connectivity index (χ1v) is 7.92. The Morgan fingerprint density at radius 1 is 1.00 bits per heavy atom. The number of aryl methyl sites for hydroxylation is 2. The quantitative estimate of drug-likeness (QED) is 0.706. The van der Waals surface area contributed by atoms with Gasteiger partial charge in [-0.15, -0.1) is 0 Å². The molecular formula is C20H16ClN3. The number of pyridine rings is 1. The first kappa shape index (κ1) is 16.0. The number of halogens is 1. The predicted octanol–water partition coefficient (Wildman–Crippen LogP) is 5.14. The Labute approximate surface area is 146 Å². The highest BCUT2D eigenvalue weighted by molar-refractivity contribution is 6.33. The lowest BCUT2D eigenvalue weighted by Gasteiger charge is -2.12. The van der Waals surface area contributed by atoms with Crippen LogP contribution in [0.5, 0.6) is 0 Å². The molecule has 1 aromatic heterocycles. The fraction of sp³-hybridized carbons (Fsp3) is 0.100. The third kappa shape index (κ3) is 2.84. The van der Waals surface area contributed by atoms with E-state index >= 15 is 0 Å². The molecule has 0 fully saturated rings. The normalized spacial score (nSPS) is 10.4. The van der Waals surface area contributed by atoms with Crippen LogP contribution in [0.1, 0.15) is 16.7 Å². The molecule has 0 aliphatic heterocycles. The lowest BCUT2D eigenvalue weighted by Crippen LogP contribution is -2.00. The number of rotatable bonds is 2. The van der Waals surface area contributed by atoms with Crippen LogP contribution >= 0.6 is 11.6 Å². The maximum Gasteiger partial charge on any atom is 0.142 e. The predicted molar refractivity (Wildman–Crippen MR) is 98.7 cm³/mol. The Hall–Kier alpha value is -2.83. The van der Waals surface area contributed by atoms with Gasteiger partial charge in [0.25, 0.3) is 0 Å². The summed E-state index contributed by atoms with van der Waals surface area (Å²) in [4.78, 5) is 4.41. The molecule has 0 spiro atoms. The Morgan fingerprint density at radius 3 is 2.42 bits per heavy atom. The number of hydrogen-bond acceptors (Lipinski definition) is 3. The van der Waals surface area contributed by atoms with Crippen molar-refractivity contribution in [1.29, 1.82) is 5.26 Å². The molecule has 3 nitrogen and oxygen atoms in total. The summed E-state index contributed by atoms with van der Waals surface area (Å²) in [5, 5.41) is 10.1. The monoisotopic (exact) mass is 333 g/mol. The summed E-state index contributed by atoms with van der Waals surface area (Å²) in [6.07, 6.45) is 0. The van der Waals surface area contributed by atoms with Crippen molar-refractivity contribution in [2.75, 3.05) is 5.73 Å². The van der Waals surface area contributed by atoms with Gasteiger partial charge in [-0.2, -0.15) is 5.26 Å². The standard InChI is InChI=1S/C20H16ClN3/c1-12-7-8-14(9-13(12)2)19-10-16(17(11-22)20(23)24-19)15-5-3-4-6-18(15)21/h3-10H,1-2H3,(H2,23,24). The fourth-order valence-electron chi connectivity index (χ4n) is 2.62. The third-order valence-corrected chi connectivity index (χ3v) is 4.46. The van der Waals surface area contributed by atoms with Gasteiger partial charge in [-0.3, -0.25) is 0 Å². The van der Waals surface area contributed by atoms with Crippen molar-refractivity contribution >= 4 is 17.4 Å². The summed E-state index contributed by atoms with van der Waals surface area (Å²) >= 11 is 6.31. The second kappa shape index (κ2) is 6.35. The summed E-state index contributed by atoms with van der Waals surface area (Å²) in [6.45, 7) is 4.12. The van der Waals surface area contributed by atoms with Gasteiger partial charge in [0.1, 0.15) is 17.5 Å². The van der Waals surface area contributed by atoms with Gasteiger partial charge in [0.2, 0.25) is 0 Å². The van der Waals surface area contributed by atoms with Gasteiger partial charge >= 0.3 is 0 Å². The Balaban J connectivity index is 2.26. The van der Waals surface area contributed by atoms with E-state index in [2.05, 4.69) is 37.0 Å². The molecule has 4 heteroatoms. The summed E-state index contributed by atoms with van der Waals surface area (Å²) in [6, 6.07) is 17.6. The lowest BCUT2D eigenvalue weighted by molar-refractivity contribution is 1.29. The van der Waals surface area contributed by atoms with Crippen LogP contribution in [-0.4, -0.2) is 4.98 Å². The van der Waals surface area contributed by atoms with Crippen molar-refractivity contribution in [3.63, 3.8) is 0 Å². The van der Waals surface area contributed by atoms with Crippen LogP contribution in [-0.2, 0) is 0 Å². The second-order valence-corrected chi connectivity index (χ2v) is 6.11. The second-order valence-electron chi connectivity index (χ2n) is 5.71. The van der Waals surface area contributed by atoms with Crippen molar-refractivity contribution in [3.8, 4) is 28.5 Å². The smallest absolute Gasteiger partial charge is 0.142 e. The van der Waals surface area contributed by atoms with Gasteiger partial charge < -0.3 is 5.73 Å². The number of benzene rings is 2. The van der Waals surface area contributed by atoms with E-state index < -0.39 is 0 Å². The van der Waals surface area contributed by atoms with E-state index in [1.807, 2.05) is 30.3 Å². The SMILES string of the molecule is Cc1ccc(-c2cc(-c3ccccc3Cl)c(C#N)c(N)n2)cc1C. The zero-order chi connectivity index (χ0) is 17.3. The number of nitrogen functional groups attached to an aromatic ring is 1. The molecule has 3 rings (SSSR count). The van der Waals surface area contributed by atoms with Gasteiger partial charge in [0.05, 0.1) is 5.69 Å². The molecule has 0 saturated carbocycles. The first-order valence-electron chi connectivity index (χ1n) is 7.54. The molecule has 118 valence electrons. The first-order chi connectivity index (χ1) is 11.5. The molecule has 2 N–H and O–H groups in total. The number of hydrogen-bond donors (Lipinski definition) is 1. The fourth-order valence-corrected chi connectivity index (χ4v) is 2.86. The van der Waals surface area contributed by atoms with E-state index in [1.54, 1.807) is 6.07 Å². The summed E-state index contributed by atoms with van der Waals surface area (Å²) in [5.74, 6) is 0.211. The molecule has 0 radical (unpaired) electrons. The molecule has 0 atom stereocenters. The van der Waals surface area contributed by atoms with Gasteiger partial charge in [-0.25, -0.2) is 4.98 Å². The number of nitrogens with two attached hydrogens (primary N) is 1. The minimum atomic E-state index is 0.211. The van der Waals surface area contributed by atoms with Gasteiger partial charge in [-0.05, 0) is 43.2 Å². The highest BCUT2D eigenvalue weighted by Gasteiger charge is 2.15. The third-order valence-electron chi connectivity index (χ3n) is 4.13. The molecule has 0 amide bonds. The van der Waals surface area contributed by atoms with Crippen LogP contribution in [0.4, 0.5) is 5.82 Å². The van der Waals surface area contributed by atoms with E-state index in [-0.39, 0.29) is 5.82 Å². The average molecular weight is 334 g/mol. The van der Waals surface area contributed by atoms with Crippen molar-refractivity contribution in [2.45, 2.75) is 13.8 Å². The van der Waals surface area contributed by atoms with E-state index in [1.165, 1.54) is 11.1 Å². The molecule has 0 bridgehead atoms. The van der Waals surface area contributed by atoms with Gasteiger partial charge in [0.15, 0.2) is 0 Å². The topological polar surface area (TPSA) is 62.7 Å². The highest BCUT2D eigenvalue weighted by atomic mass is 35.5. The summed E-state index contributed by atoms with van der Waals surface area (Å²) < 4.78 is 0. The molecule has 24 heavy (non-hydrogen) atoms. The number of aromatic nitrogens is 1. The zero-order valence-corrected chi connectivity index (χ0v) is 14.2. The van der Waals surface area contributed by atoms with E-state index in [0.717, 1.165) is 16.8 Å². The van der Waals surface area contributed by atoms with Crippen LogP contribution in [0.25, 0.3) is 22.4 Å². The van der Waals surface area contributed by atoms with Crippen molar-refractivity contribution in [3.05, 3.63) is 70.2 Å². The van der Waals surface area contributed by atoms with Crippen LogP contribution in [0.3, 0.4) is 0 Å². The molecule has 2 aromatic carbocycles. The minimum Gasteiger partial charge on any atom is -0.383 e. The van der Waals surface area contributed by atoms with E-state index in [0.29, 0.717) is 16.1 Å². The largest absolute Gasteiger partial charge is 0.383 e. The van der Waals surface area contributed by atoms with Gasteiger partial charge in [0, 0.05) is 21.7 Å². The Morgan fingerprint density at radius 2 is 1.75 bits per heavy atom. The van der Waals surface area contributed by atoms with Crippen molar-refractivity contribution in [1.82, 2.24) is 4.98 Å². The molecule has 0 saturated heterocycles. The molecule has 0 aliphatic rings. The Kier molecular flexibility index (Phi) is 4.24.